The van der Waals surface area contributed by atoms with Crippen LogP contribution in [0.4, 0.5) is 0 Å². The number of nitrogens with zero attached hydrogens (tertiary/aromatic N) is 1. The number of rotatable bonds is 5. The summed E-state index contributed by atoms with van der Waals surface area (Å²) in [6.07, 6.45) is 0.471. The van der Waals surface area contributed by atoms with Gasteiger partial charge in [0.05, 0.1) is 6.04 Å². The molecule has 2 atom stereocenters. The van der Waals surface area contributed by atoms with Crippen molar-refractivity contribution >= 4 is 0 Å². The van der Waals surface area contributed by atoms with Gasteiger partial charge < -0.3 is 5.11 Å². The van der Waals surface area contributed by atoms with Crippen molar-refractivity contribution in [2.24, 2.45) is 11.8 Å². The van der Waals surface area contributed by atoms with E-state index < -0.39 is 0 Å². The highest BCUT2D eigenvalue weighted by molar-refractivity contribution is 5.20. The van der Waals surface area contributed by atoms with Crippen LogP contribution in [0.5, 0.6) is 0 Å². The molecule has 1 fully saturated rings. The van der Waals surface area contributed by atoms with E-state index >= 15 is 0 Å². The predicted molar refractivity (Wildman–Crippen MR) is 67.9 cm³/mol. The minimum Gasteiger partial charge on any atom is -0.378 e. The zero-order valence-corrected chi connectivity index (χ0v) is 10.2. The van der Waals surface area contributed by atoms with Crippen LogP contribution in [0.1, 0.15) is 24.9 Å². The number of aliphatic hydroxyl groups is 1. The normalized spacial score (nSPS) is 20.9. The standard InChI is InChI=1S/C13H21N3O/c1-2-12(17)16-8-11(9-16)13(15-14)10-6-4-3-5-7-10/h3-7,11-13,15,17H,2,8-9,14H2,1H3/t12?,13-/m1/s1. The molecule has 0 aliphatic carbocycles. The lowest BCUT2D eigenvalue weighted by molar-refractivity contribution is -0.0749. The van der Waals surface area contributed by atoms with Gasteiger partial charge in [0, 0.05) is 19.0 Å². The SMILES string of the molecule is CCC(O)N1CC([C@H](NN)c2ccccc2)C1. The van der Waals surface area contributed by atoms with Crippen molar-refractivity contribution in [1.29, 1.82) is 0 Å². The van der Waals surface area contributed by atoms with E-state index in [1.807, 2.05) is 25.1 Å². The van der Waals surface area contributed by atoms with E-state index in [2.05, 4.69) is 22.5 Å². The van der Waals surface area contributed by atoms with Crippen molar-refractivity contribution in [3.8, 4) is 0 Å². The molecule has 0 saturated carbocycles. The molecule has 1 heterocycles. The van der Waals surface area contributed by atoms with Gasteiger partial charge in [0.15, 0.2) is 0 Å². The molecule has 1 aromatic rings. The van der Waals surface area contributed by atoms with Crippen LogP contribution in [0.3, 0.4) is 0 Å². The van der Waals surface area contributed by atoms with Crippen LogP contribution in [0.2, 0.25) is 0 Å². The maximum atomic E-state index is 9.69. The topological polar surface area (TPSA) is 61.5 Å². The van der Waals surface area contributed by atoms with Crippen molar-refractivity contribution in [2.75, 3.05) is 13.1 Å². The fourth-order valence-corrected chi connectivity index (χ4v) is 2.43. The van der Waals surface area contributed by atoms with Gasteiger partial charge in [-0.05, 0) is 12.0 Å². The van der Waals surface area contributed by atoms with Crippen molar-refractivity contribution < 1.29 is 5.11 Å². The smallest absolute Gasteiger partial charge is 0.107 e. The first-order chi connectivity index (χ1) is 8.26. The Bertz CT molecular complexity index is 338. The van der Waals surface area contributed by atoms with Gasteiger partial charge in [0.1, 0.15) is 6.23 Å². The van der Waals surface area contributed by atoms with E-state index in [1.165, 1.54) is 5.56 Å². The number of likely N-dealkylation sites (tertiary alicyclic amines) is 1. The van der Waals surface area contributed by atoms with E-state index in [-0.39, 0.29) is 12.3 Å². The summed E-state index contributed by atoms with van der Waals surface area (Å²) >= 11 is 0. The van der Waals surface area contributed by atoms with E-state index in [4.69, 9.17) is 5.84 Å². The lowest BCUT2D eigenvalue weighted by Gasteiger charge is -2.45. The molecule has 0 aromatic heterocycles. The molecule has 1 saturated heterocycles. The third-order valence-corrected chi connectivity index (χ3v) is 3.53. The molecular formula is C13H21N3O. The van der Waals surface area contributed by atoms with Gasteiger partial charge in [-0.2, -0.15) is 0 Å². The maximum Gasteiger partial charge on any atom is 0.107 e. The summed E-state index contributed by atoms with van der Waals surface area (Å²) in [4.78, 5) is 2.08. The summed E-state index contributed by atoms with van der Waals surface area (Å²) in [5.41, 5.74) is 4.10. The van der Waals surface area contributed by atoms with Crippen LogP contribution in [-0.2, 0) is 0 Å². The molecule has 0 bridgehead atoms. The van der Waals surface area contributed by atoms with Gasteiger partial charge in [-0.25, -0.2) is 0 Å². The number of aliphatic hydroxyl groups excluding tert-OH is 1. The van der Waals surface area contributed by atoms with E-state index in [1.54, 1.807) is 0 Å². The Morgan fingerprint density at radius 3 is 2.59 bits per heavy atom. The highest BCUT2D eigenvalue weighted by Gasteiger charge is 2.36. The Labute approximate surface area is 102 Å². The Balaban J connectivity index is 1.94. The first kappa shape index (κ1) is 12.5. The van der Waals surface area contributed by atoms with Crippen molar-refractivity contribution in [3.63, 3.8) is 0 Å². The van der Waals surface area contributed by atoms with Gasteiger partial charge >= 0.3 is 0 Å². The monoisotopic (exact) mass is 235 g/mol. The van der Waals surface area contributed by atoms with Gasteiger partial charge in [-0.1, -0.05) is 37.3 Å². The second kappa shape index (κ2) is 5.60. The molecule has 17 heavy (non-hydrogen) atoms. The Hall–Kier alpha value is -0.940. The van der Waals surface area contributed by atoms with E-state index in [0.29, 0.717) is 5.92 Å². The van der Waals surface area contributed by atoms with E-state index in [9.17, 15) is 5.11 Å². The zero-order valence-electron chi connectivity index (χ0n) is 10.2. The molecule has 1 aliphatic heterocycles. The third-order valence-electron chi connectivity index (χ3n) is 3.53. The number of nitrogens with one attached hydrogen (secondary N) is 1. The minimum absolute atomic E-state index is 0.177. The highest BCUT2D eigenvalue weighted by Crippen LogP contribution is 2.30. The Kier molecular flexibility index (Phi) is 4.12. The molecule has 2 rings (SSSR count). The predicted octanol–water partition coefficient (Wildman–Crippen LogP) is 0.851. The van der Waals surface area contributed by atoms with Crippen LogP contribution >= 0.6 is 0 Å². The average molecular weight is 235 g/mol. The van der Waals surface area contributed by atoms with Crippen molar-refractivity contribution in [3.05, 3.63) is 35.9 Å². The maximum absolute atomic E-state index is 9.69. The van der Waals surface area contributed by atoms with Gasteiger partial charge in [0.2, 0.25) is 0 Å². The molecule has 1 aliphatic rings. The number of nitrogens with two attached hydrogens (primary N) is 1. The molecule has 1 unspecified atom stereocenters. The molecule has 0 radical (unpaired) electrons. The molecule has 94 valence electrons. The summed E-state index contributed by atoms with van der Waals surface area (Å²) in [7, 11) is 0. The van der Waals surface area contributed by atoms with Crippen LogP contribution in [0.25, 0.3) is 0 Å². The lowest BCUT2D eigenvalue weighted by Crippen LogP contribution is -2.56. The Morgan fingerprint density at radius 2 is 2.06 bits per heavy atom. The molecule has 4 nitrogen and oxygen atoms in total. The largest absolute Gasteiger partial charge is 0.378 e. The lowest BCUT2D eigenvalue weighted by atomic mass is 9.87. The summed E-state index contributed by atoms with van der Waals surface area (Å²) < 4.78 is 0. The molecule has 0 amide bonds. The second-order valence-corrected chi connectivity index (χ2v) is 4.66. The summed E-state index contributed by atoms with van der Waals surface area (Å²) in [6, 6.07) is 10.4. The van der Waals surface area contributed by atoms with E-state index in [0.717, 1.165) is 19.5 Å². The van der Waals surface area contributed by atoms with Gasteiger partial charge in [-0.15, -0.1) is 0 Å². The molecular weight excluding hydrogens is 214 g/mol. The summed E-state index contributed by atoms with van der Waals surface area (Å²) in [5, 5.41) is 9.69. The molecule has 0 spiro atoms. The van der Waals surface area contributed by atoms with Crippen LogP contribution in [-0.4, -0.2) is 29.3 Å². The summed E-state index contributed by atoms with van der Waals surface area (Å²) in [5.74, 6) is 6.11. The van der Waals surface area contributed by atoms with Crippen molar-refractivity contribution in [2.45, 2.75) is 25.6 Å². The average Bonchev–Trinajstić information content (AvgIpc) is 2.33. The summed E-state index contributed by atoms with van der Waals surface area (Å²) in [6.45, 7) is 3.80. The minimum atomic E-state index is -0.305. The zero-order chi connectivity index (χ0) is 12.3. The first-order valence-electron chi connectivity index (χ1n) is 6.19. The third kappa shape index (κ3) is 2.66. The van der Waals surface area contributed by atoms with Crippen LogP contribution in [0, 0.1) is 5.92 Å². The molecule has 4 N–H and O–H groups in total. The first-order valence-corrected chi connectivity index (χ1v) is 6.19. The van der Waals surface area contributed by atoms with Crippen molar-refractivity contribution in [1.82, 2.24) is 10.3 Å². The number of hydrogen-bond donors (Lipinski definition) is 3. The molecule has 1 aromatic carbocycles. The number of benzene rings is 1. The fourth-order valence-electron chi connectivity index (χ4n) is 2.43. The number of hydrogen-bond acceptors (Lipinski definition) is 4. The highest BCUT2D eigenvalue weighted by atomic mass is 16.3. The fraction of sp³-hybridized carbons (Fsp3) is 0.538. The van der Waals surface area contributed by atoms with Gasteiger partial charge in [-0.3, -0.25) is 16.2 Å². The van der Waals surface area contributed by atoms with Gasteiger partial charge in [0.25, 0.3) is 0 Å². The second-order valence-electron chi connectivity index (χ2n) is 4.66. The Morgan fingerprint density at radius 1 is 1.41 bits per heavy atom. The number of hydrazine groups is 1. The van der Waals surface area contributed by atoms with Crippen LogP contribution < -0.4 is 11.3 Å². The van der Waals surface area contributed by atoms with Crippen LogP contribution in [0.15, 0.2) is 30.3 Å². The molecule has 4 heteroatoms. The quantitative estimate of drug-likeness (QED) is 0.523.